The summed E-state index contributed by atoms with van der Waals surface area (Å²) in [5.41, 5.74) is -0.105. The average Bonchev–Trinajstić information content (AvgIpc) is 1.99. The first kappa shape index (κ1) is 10.3. The van der Waals surface area contributed by atoms with Gasteiger partial charge in [-0.25, -0.2) is 4.79 Å². The van der Waals surface area contributed by atoms with Gasteiger partial charge in [0.05, 0.1) is 5.60 Å². The first-order valence-electron chi connectivity index (χ1n) is 4.55. The molecule has 0 aromatic rings. The summed E-state index contributed by atoms with van der Waals surface area (Å²) in [5.74, 6) is -0.524. The number of ether oxygens (including phenoxy) is 1. The van der Waals surface area contributed by atoms with Crippen LogP contribution in [0.4, 0.5) is 0 Å². The summed E-state index contributed by atoms with van der Waals surface area (Å²) in [6, 6.07) is 0. The van der Waals surface area contributed by atoms with E-state index in [2.05, 4.69) is 0 Å². The third-order valence-electron chi connectivity index (χ3n) is 2.25. The van der Waals surface area contributed by atoms with Crippen molar-refractivity contribution >= 4 is 5.97 Å². The molecule has 3 nitrogen and oxygen atoms in total. The molecule has 0 radical (unpaired) electrons. The maximum Gasteiger partial charge on any atom is 0.327 e. The zero-order chi connectivity index (χ0) is 9.90. The van der Waals surface area contributed by atoms with Crippen LogP contribution in [0.15, 0.2) is 12.2 Å². The van der Waals surface area contributed by atoms with Crippen molar-refractivity contribution in [2.24, 2.45) is 5.92 Å². The fourth-order valence-corrected chi connectivity index (χ4v) is 1.66. The van der Waals surface area contributed by atoms with Gasteiger partial charge in [0.25, 0.3) is 0 Å². The molecule has 1 atom stereocenters. The van der Waals surface area contributed by atoms with Crippen LogP contribution in [0.5, 0.6) is 0 Å². The summed E-state index contributed by atoms with van der Waals surface area (Å²) in [5, 5.41) is 8.46. The second kappa shape index (κ2) is 3.92. The lowest BCUT2D eigenvalue weighted by Gasteiger charge is -2.34. The molecule has 1 heterocycles. The maximum absolute atomic E-state index is 10.3. The Hall–Kier alpha value is -0.830. The fourth-order valence-electron chi connectivity index (χ4n) is 1.66. The highest BCUT2D eigenvalue weighted by Gasteiger charge is 2.27. The monoisotopic (exact) mass is 184 g/mol. The highest BCUT2D eigenvalue weighted by molar-refractivity contribution is 5.79. The van der Waals surface area contributed by atoms with E-state index < -0.39 is 5.97 Å². The summed E-state index contributed by atoms with van der Waals surface area (Å²) >= 11 is 0. The van der Waals surface area contributed by atoms with Gasteiger partial charge >= 0.3 is 5.97 Å². The molecule has 1 aliphatic heterocycles. The quantitative estimate of drug-likeness (QED) is 0.666. The van der Waals surface area contributed by atoms with E-state index in [9.17, 15) is 4.79 Å². The zero-order valence-electron chi connectivity index (χ0n) is 8.12. The van der Waals surface area contributed by atoms with E-state index in [1.54, 1.807) is 6.08 Å². The molecule has 74 valence electrons. The number of carbonyl (C=O) groups is 1. The molecule has 0 bridgehead atoms. The van der Waals surface area contributed by atoms with Crippen LogP contribution in [0.1, 0.15) is 26.7 Å². The lowest BCUT2D eigenvalue weighted by Crippen LogP contribution is -2.33. The van der Waals surface area contributed by atoms with Crippen molar-refractivity contribution in [3.8, 4) is 0 Å². The van der Waals surface area contributed by atoms with Gasteiger partial charge in [-0.15, -0.1) is 0 Å². The van der Waals surface area contributed by atoms with Crippen molar-refractivity contribution < 1.29 is 14.6 Å². The minimum atomic E-state index is -0.871. The Morgan fingerprint density at radius 2 is 2.31 bits per heavy atom. The van der Waals surface area contributed by atoms with E-state index in [-0.39, 0.29) is 5.60 Å². The second-order valence-electron chi connectivity index (χ2n) is 4.06. The van der Waals surface area contributed by atoms with Gasteiger partial charge in [-0.3, -0.25) is 0 Å². The molecule has 3 heteroatoms. The van der Waals surface area contributed by atoms with Crippen molar-refractivity contribution in [3.63, 3.8) is 0 Å². The third kappa shape index (κ3) is 3.59. The summed E-state index contributed by atoms with van der Waals surface area (Å²) in [6.07, 6.45) is 4.82. The standard InChI is InChI=1S/C10H16O3/c1-10(2)7-8(5-6-13-10)3-4-9(11)12/h3-4,8H,5-7H2,1-2H3,(H,11,12). The summed E-state index contributed by atoms with van der Waals surface area (Å²) in [6.45, 7) is 4.79. The van der Waals surface area contributed by atoms with Gasteiger partial charge in [0.15, 0.2) is 0 Å². The summed E-state index contributed by atoms with van der Waals surface area (Å²) in [7, 11) is 0. The predicted molar refractivity (Wildman–Crippen MR) is 49.5 cm³/mol. The van der Waals surface area contributed by atoms with Crippen LogP contribution in [0.2, 0.25) is 0 Å². The van der Waals surface area contributed by atoms with Gasteiger partial charge in [0, 0.05) is 12.7 Å². The van der Waals surface area contributed by atoms with E-state index in [4.69, 9.17) is 9.84 Å². The Balaban J connectivity index is 2.48. The van der Waals surface area contributed by atoms with Gasteiger partial charge in [0.2, 0.25) is 0 Å². The number of rotatable bonds is 2. The molecule has 0 saturated carbocycles. The van der Waals surface area contributed by atoms with Gasteiger partial charge < -0.3 is 9.84 Å². The molecule has 0 spiro atoms. The van der Waals surface area contributed by atoms with Gasteiger partial charge in [-0.2, -0.15) is 0 Å². The minimum absolute atomic E-state index is 0.105. The smallest absolute Gasteiger partial charge is 0.327 e. The van der Waals surface area contributed by atoms with Crippen LogP contribution in [0.25, 0.3) is 0 Å². The number of carboxylic acid groups (broad SMARTS) is 1. The first-order valence-corrected chi connectivity index (χ1v) is 4.55. The summed E-state index contributed by atoms with van der Waals surface area (Å²) < 4.78 is 5.52. The van der Waals surface area contributed by atoms with Crippen LogP contribution in [-0.2, 0) is 9.53 Å². The van der Waals surface area contributed by atoms with Crippen molar-refractivity contribution in [1.29, 1.82) is 0 Å². The van der Waals surface area contributed by atoms with E-state index in [0.717, 1.165) is 19.4 Å². The molecule has 0 aromatic heterocycles. The molecule has 0 aromatic carbocycles. The predicted octanol–water partition coefficient (Wildman–Crippen LogP) is 1.83. The number of aliphatic carboxylic acids is 1. The Bertz CT molecular complexity index is 218. The Labute approximate surface area is 78.4 Å². The molecule has 1 aliphatic rings. The molecule has 1 fully saturated rings. The van der Waals surface area contributed by atoms with Crippen LogP contribution < -0.4 is 0 Å². The van der Waals surface area contributed by atoms with E-state index in [1.165, 1.54) is 6.08 Å². The first-order chi connectivity index (χ1) is 5.99. The van der Waals surface area contributed by atoms with Crippen LogP contribution in [0, 0.1) is 5.92 Å². The van der Waals surface area contributed by atoms with Gasteiger partial charge in [0.1, 0.15) is 0 Å². The second-order valence-corrected chi connectivity index (χ2v) is 4.06. The molecule has 13 heavy (non-hydrogen) atoms. The van der Waals surface area contributed by atoms with Crippen molar-refractivity contribution in [2.45, 2.75) is 32.3 Å². The normalized spacial score (nSPS) is 27.7. The number of allylic oxidation sites excluding steroid dienone is 1. The average molecular weight is 184 g/mol. The molecule has 0 amide bonds. The van der Waals surface area contributed by atoms with E-state index >= 15 is 0 Å². The maximum atomic E-state index is 10.3. The Kier molecular flexibility index (Phi) is 3.09. The lowest BCUT2D eigenvalue weighted by atomic mass is 9.88. The van der Waals surface area contributed by atoms with Crippen LogP contribution >= 0.6 is 0 Å². The van der Waals surface area contributed by atoms with Crippen LogP contribution in [-0.4, -0.2) is 23.3 Å². The summed E-state index contributed by atoms with van der Waals surface area (Å²) in [4.78, 5) is 10.3. The number of carboxylic acids is 1. The van der Waals surface area contributed by atoms with Gasteiger partial charge in [-0.1, -0.05) is 6.08 Å². The van der Waals surface area contributed by atoms with Gasteiger partial charge in [-0.05, 0) is 32.6 Å². The number of hydrogen-bond donors (Lipinski definition) is 1. The molecule has 1 rings (SSSR count). The number of hydrogen-bond acceptors (Lipinski definition) is 2. The Morgan fingerprint density at radius 3 is 2.85 bits per heavy atom. The largest absolute Gasteiger partial charge is 0.478 e. The highest BCUT2D eigenvalue weighted by Crippen LogP contribution is 2.29. The molecular formula is C10H16O3. The lowest BCUT2D eigenvalue weighted by molar-refractivity contribution is -0.131. The molecule has 1 N–H and O–H groups in total. The molecular weight excluding hydrogens is 168 g/mol. The highest BCUT2D eigenvalue weighted by atomic mass is 16.5. The molecule has 1 unspecified atom stereocenters. The fraction of sp³-hybridized carbons (Fsp3) is 0.700. The topological polar surface area (TPSA) is 46.5 Å². The van der Waals surface area contributed by atoms with E-state index in [1.807, 2.05) is 13.8 Å². The van der Waals surface area contributed by atoms with E-state index in [0.29, 0.717) is 5.92 Å². The molecule has 0 aliphatic carbocycles. The minimum Gasteiger partial charge on any atom is -0.478 e. The molecule has 1 saturated heterocycles. The van der Waals surface area contributed by atoms with Crippen LogP contribution in [0.3, 0.4) is 0 Å². The Morgan fingerprint density at radius 1 is 1.62 bits per heavy atom. The third-order valence-corrected chi connectivity index (χ3v) is 2.25. The van der Waals surface area contributed by atoms with Crippen molar-refractivity contribution in [1.82, 2.24) is 0 Å². The SMILES string of the molecule is CC1(C)CC(C=CC(=O)O)CCO1. The zero-order valence-corrected chi connectivity index (χ0v) is 8.12. The van der Waals surface area contributed by atoms with Crippen molar-refractivity contribution in [2.75, 3.05) is 6.61 Å². The van der Waals surface area contributed by atoms with Crippen molar-refractivity contribution in [3.05, 3.63) is 12.2 Å².